The molecule has 1 aromatic carbocycles. The van der Waals surface area contributed by atoms with Gasteiger partial charge in [0.1, 0.15) is 11.6 Å². The van der Waals surface area contributed by atoms with Crippen molar-refractivity contribution in [1.82, 2.24) is 14.8 Å². The van der Waals surface area contributed by atoms with E-state index < -0.39 is 0 Å². The van der Waals surface area contributed by atoms with E-state index in [-0.39, 0.29) is 11.9 Å². The molecule has 0 radical (unpaired) electrons. The summed E-state index contributed by atoms with van der Waals surface area (Å²) >= 11 is 0. The second-order valence-electron chi connectivity index (χ2n) is 8.43. The van der Waals surface area contributed by atoms with E-state index in [1.807, 2.05) is 37.3 Å². The molecule has 154 valence electrons. The molecule has 1 aromatic heterocycles. The van der Waals surface area contributed by atoms with Gasteiger partial charge in [-0.3, -0.25) is 9.69 Å². The molecule has 2 fully saturated rings. The van der Waals surface area contributed by atoms with Crippen molar-refractivity contribution < 1.29 is 9.53 Å². The standard InChI is InChI=1S/C23H30N4O2/c1-16(28)27-14-19-13-26(12-17-5-10-22(24-11-17)25(2)3)15-21(19)23(27)18-6-8-20(29-4)9-7-18/h5-11,19,21,23H,12-15H2,1-4H3/t19-,21-,23+/m1/s1. The Balaban J connectivity index is 1.49. The van der Waals surface area contributed by atoms with Gasteiger partial charge in [-0.25, -0.2) is 4.98 Å². The molecule has 1 amide bonds. The molecule has 2 aromatic rings. The van der Waals surface area contributed by atoms with Gasteiger partial charge >= 0.3 is 0 Å². The van der Waals surface area contributed by atoms with Crippen molar-refractivity contribution in [3.8, 4) is 5.75 Å². The summed E-state index contributed by atoms with van der Waals surface area (Å²) in [6, 6.07) is 12.6. The third-order valence-corrected chi connectivity index (χ3v) is 6.28. The number of likely N-dealkylation sites (tertiary alicyclic amines) is 2. The van der Waals surface area contributed by atoms with Crippen molar-refractivity contribution in [3.05, 3.63) is 53.7 Å². The van der Waals surface area contributed by atoms with Gasteiger partial charge in [0.2, 0.25) is 5.91 Å². The van der Waals surface area contributed by atoms with Crippen molar-refractivity contribution in [2.45, 2.75) is 19.5 Å². The number of benzene rings is 1. The zero-order valence-electron chi connectivity index (χ0n) is 17.7. The molecule has 2 aliphatic heterocycles. The monoisotopic (exact) mass is 394 g/mol. The Morgan fingerprint density at radius 3 is 2.48 bits per heavy atom. The molecular weight excluding hydrogens is 364 g/mol. The van der Waals surface area contributed by atoms with E-state index in [0.29, 0.717) is 11.8 Å². The van der Waals surface area contributed by atoms with Crippen LogP contribution in [0.25, 0.3) is 0 Å². The molecule has 0 aliphatic carbocycles. The largest absolute Gasteiger partial charge is 0.497 e. The lowest BCUT2D eigenvalue weighted by Crippen LogP contribution is -2.34. The number of aromatic nitrogens is 1. The lowest BCUT2D eigenvalue weighted by molar-refractivity contribution is -0.130. The molecule has 29 heavy (non-hydrogen) atoms. The van der Waals surface area contributed by atoms with Gasteiger partial charge in [-0.2, -0.15) is 0 Å². The number of ether oxygens (including phenoxy) is 1. The van der Waals surface area contributed by atoms with Crippen LogP contribution in [0.15, 0.2) is 42.6 Å². The molecule has 2 saturated heterocycles. The minimum absolute atomic E-state index is 0.141. The van der Waals surface area contributed by atoms with Crippen LogP contribution in [0.3, 0.4) is 0 Å². The van der Waals surface area contributed by atoms with Crippen LogP contribution in [-0.2, 0) is 11.3 Å². The summed E-state index contributed by atoms with van der Waals surface area (Å²) in [6.07, 6.45) is 1.98. The zero-order valence-corrected chi connectivity index (χ0v) is 17.7. The summed E-state index contributed by atoms with van der Waals surface area (Å²) in [5.74, 6) is 2.96. The lowest BCUT2D eigenvalue weighted by Gasteiger charge is -2.29. The molecular formula is C23H30N4O2. The third kappa shape index (κ3) is 3.94. The lowest BCUT2D eigenvalue weighted by atomic mass is 9.89. The maximum atomic E-state index is 12.3. The van der Waals surface area contributed by atoms with E-state index in [0.717, 1.165) is 37.7 Å². The quantitative estimate of drug-likeness (QED) is 0.781. The van der Waals surface area contributed by atoms with Crippen LogP contribution in [0.2, 0.25) is 0 Å². The minimum Gasteiger partial charge on any atom is -0.497 e. The number of anilines is 1. The average Bonchev–Trinajstić information content (AvgIpc) is 3.26. The molecule has 0 spiro atoms. The molecule has 0 N–H and O–H groups in total. The first-order valence-corrected chi connectivity index (χ1v) is 10.2. The van der Waals surface area contributed by atoms with E-state index in [4.69, 9.17) is 4.74 Å². The van der Waals surface area contributed by atoms with Crippen LogP contribution >= 0.6 is 0 Å². The molecule has 0 bridgehead atoms. The van der Waals surface area contributed by atoms with Crippen molar-refractivity contribution in [2.75, 3.05) is 45.7 Å². The first-order valence-electron chi connectivity index (χ1n) is 10.2. The number of nitrogens with zero attached hydrogens (tertiary/aromatic N) is 4. The maximum absolute atomic E-state index is 12.3. The highest BCUT2D eigenvalue weighted by atomic mass is 16.5. The summed E-state index contributed by atoms with van der Waals surface area (Å²) in [5.41, 5.74) is 2.44. The molecule has 3 heterocycles. The Morgan fingerprint density at radius 1 is 1.14 bits per heavy atom. The fourth-order valence-corrected chi connectivity index (χ4v) is 4.85. The summed E-state index contributed by atoms with van der Waals surface area (Å²) in [4.78, 5) is 23.4. The molecule has 0 unspecified atom stereocenters. The van der Waals surface area contributed by atoms with E-state index in [1.54, 1.807) is 14.0 Å². The van der Waals surface area contributed by atoms with Crippen LogP contribution in [0.4, 0.5) is 5.82 Å². The van der Waals surface area contributed by atoms with Gasteiger partial charge in [-0.15, -0.1) is 0 Å². The van der Waals surface area contributed by atoms with Gasteiger partial charge in [-0.05, 0) is 35.2 Å². The maximum Gasteiger partial charge on any atom is 0.219 e. The summed E-state index contributed by atoms with van der Waals surface area (Å²) in [5, 5.41) is 0. The Kier molecular flexibility index (Phi) is 5.46. The Labute approximate surface area is 173 Å². The number of rotatable bonds is 5. The number of hydrogen-bond donors (Lipinski definition) is 0. The van der Waals surface area contributed by atoms with Crippen LogP contribution in [0.5, 0.6) is 5.75 Å². The van der Waals surface area contributed by atoms with E-state index in [1.165, 1.54) is 11.1 Å². The second-order valence-corrected chi connectivity index (χ2v) is 8.43. The molecule has 3 atom stereocenters. The highest BCUT2D eigenvalue weighted by Crippen LogP contribution is 2.45. The number of hydrogen-bond acceptors (Lipinski definition) is 5. The van der Waals surface area contributed by atoms with Crippen LogP contribution in [-0.4, -0.2) is 61.5 Å². The van der Waals surface area contributed by atoms with Gasteiger partial charge in [0, 0.05) is 59.3 Å². The van der Waals surface area contributed by atoms with E-state index >= 15 is 0 Å². The second kappa shape index (κ2) is 8.03. The Morgan fingerprint density at radius 2 is 1.90 bits per heavy atom. The predicted molar refractivity (Wildman–Crippen MR) is 114 cm³/mol. The predicted octanol–water partition coefficient (Wildman–Crippen LogP) is 2.81. The molecule has 4 rings (SSSR count). The van der Waals surface area contributed by atoms with E-state index in [2.05, 4.69) is 39.0 Å². The molecule has 2 aliphatic rings. The SMILES string of the molecule is COc1ccc([C@H]2[C@@H]3CN(Cc4ccc(N(C)C)nc4)C[C@@H]3CN2C(C)=O)cc1. The highest BCUT2D eigenvalue weighted by Gasteiger charge is 2.48. The van der Waals surface area contributed by atoms with E-state index in [9.17, 15) is 4.79 Å². The molecule has 6 heteroatoms. The average molecular weight is 395 g/mol. The fraction of sp³-hybridized carbons (Fsp3) is 0.478. The van der Waals surface area contributed by atoms with Crippen molar-refractivity contribution in [2.24, 2.45) is 11.8 Å². The zero-order chi connectivity index (χ0) is 20.5. The van der Waals surface area contributed by atoms with Gasteiger partial charge in [0.15, 0.2) is 0 Å². The normalized spacial score (nSPS) is 23.9. The van der Waals surface area contributed by atoms with Crippen LogP contribution in [0, 0.1) is 11.8 Å². The number of amides is 1. The third-order valence-electron chi connectivity index (χ3n) is 6.28. The van der Waals surface area contributed by atoms with Gasteiger partial charge in [-0.1, -0.05) is 18.2 Å². The highest BCUT2D eigenvalue weighted by molar-refractivity contribution is 5.74. The first kappa shape index (κ1) is 19.7. The van der Waals surface area contributed by atoms with Crippen LogP contribution < -0.4 is 9.64 Å². The first-order chi connectivity index (χ1) is 14.0. The topological polar surface area (TPSA) is 48.9 Å². The molecule has 0 saturated carbocycles. The molecule has 6 nitrogen and oxygen atoms in total. The van der Waals surface area contributed by atoms with Crippen molar-refractivity contribution >= 4 is 11.7 Å². The number of carbonyl (C=O) groups excluding carboxylic acids is 1. The minimum atomic E-state index is 0.141. The smallest absolute Gasteiger partial charge is 0.219 e. The van der Waals surface area contributed by atoms with Gasteiger partial charge < -0.3 is 14.5 Å². The summed E-state index contributed by atoms with van der Waals surface area (Å²) in [7, 11) is 5.69. The van der Waals surface area contributed by atoms with Gasteiger partial charge in [0.25, 0.3) is 0 Å². The summed E-state index contributed by atoms with van der Waals surface area (Å²) < 4.78 is 5.30. The Hall–Kier alpha value is -2.60. The number of fused-ring (bicyclic) bond motifs is 1. The summed E-state index contributed by atoms with van der Waals surface area (Å²) in [6.45, 7) is 5.46. The number of pyridine rings is 1. The fourth-order valence-electron chi connectivity index (χ4n) is 4.85. The number of carbonyl (C=O) groups is 1. The number of methoxy groups -OCH3 is 1. The van der Waals surface area contributed by atoms with Crippen molar-refractivity contribution in [3.63, 3.8) is 0 Å². The van der Waals surface area contributed by atoms with Gasteiger partial charge in [0.05, 0.1) is 13.2 Å². The van der Waals surface area contributed by atoms with Crippen LogP contribution in [0.1, 0.15) is 24.1 Å². The van der Waals surface area contributed by atoms with Crippen molar-refractivity contribution in [1.29, 1.82) is 0 Å². The Bertz CT molecular complexity index is 850.